The van der Waals surface area contributed by atoms with Gasteiger partial charge in [-0.2, -0.15) is 0 Å². The molecule has 1 aliphatic rings. The number of hydrogen-bond donors (Lipinski definition) is 1. The Labute approximate surface area is 129 Å². The van der Waals surface area contributed by atoms with Gasteiger partial charge in [0.15, 0.2) is 11.6 Å². The van der Waals surface area contributed by atoms with E-state index in [9.17, 15) is 13.6 Å². The van der Waals surface area contributed by atoms with Gasteiger partial charge in [0, 0.05) is 11.6 Å². The molecule has 1 N–H and O–H groups in total. The normalized spacial score (nSPS) is 15.6. The molecular formula is C15H11F2N5O. The van der Waals surface area contributed by atoms with Crippen LogP contribution in [-0.2, 0) is 10.3 Å². The van der Waals surface area contributed by atoms with Crippen molar-refractivity contribution in [3.05, 3.63) is 48.4 Å². The number of carbonyl (C=O) groups excluding carboxylic acids is 1. The van der Waals surface area contributed by atoms with Crippen molar-refractivity contribution in [3.63, 3.8) is 0 Å². The lowest BCUT2D eigenvalue weighted by Crippen LogP contribution is -2.33. The van der Waals surface area contributed by atoms with Crippen LogP contribution in [0.4, 0.5) is 14.5 Å². The fraction of sp³-hybridized carbons (Fsp3) is 0.200. The Kier molecular flexibility index (Phi) is 2.87. The first-order chi connectivity index (χ1) is 11.1. The van der Waals surface area contributed by atoms with Crippen molar-refractivity contribution >= 4 is 22.5 Å². The molecule has 8 heteroatoms. The van der Waals surface area contributed by atoms with Crippen LogP contribution >= 0.6 is 0 Å². The molecule has 0 spiro atoms. The number of aromatic nitrogens is 4. The minimum atomic E-state index is -0.998. The van der Waals surface area contributed by atoms with Crippen LogP contribution in [0.3, 0.4) is 0 Å². The Balaban J connectivity index is 1.63. The number of fused-ring (bicyclic) bond motifs is 1. The van der Waals surface area contributed by atoms with Crippen LogP contribution in [0.5, 0.6) is 0 Å². The van der Waals surface area contributed by atoms with Crippen LogP contribution in [0, 0.1) is 11.6 Å². The largest absolute Gasteiger partial charge is 0.323 e. The Morgan fingerprint density at radius 2 is 2.13 bits per heavy atom. The molecule has 1 aliphatic carbocycles. The molecule has 1 saturated carbocycles. The number of hydrogen-bond acceptors (Lipinski definition) is 4. The van der Waals surface area contributed by atoms with Gasteiger partial charge in [-0.15, -0.1) is 5.10 Å². The van der Waals surface area contributed by atoms with Crippen LogP contribution in [0.25, 0.3) is 10.9 Å². The highest BCUT2D eigenvalue weighted by Crippen LogP contribution is 2.43. The molecule has 0 saturated heterocycles. The summed E-state index contributed by atoms with van der Waals surface area (Å²) in [4.78, 5) is 16.4. The average molecular weight is 315 g/mol. The smallest absolute Gasteiger partial charge is 0.252 e. The summed E-state index contributed by atoms with van der Waals surface area (Å²) in [6, 6.07) is 4.00. The van der Waals surface area contributed by atoms with Crippen molar-refractivity contribution in [1.29, 1.82) is 0 Å². The summed E-state index contributed by atoms with van der Waals surface area (Å²) in [5.41, 5.74) is -0.375. The van der Waals surface area contributed by atoms with E-state index in [1.54, 1.807) is 12.3 Å². The SMILES string of the molecule is O=C(Nc1cnc2c(F)c(F)ccc2c1)C1(n2ccnn2)CC1. The lowest BCUT2D eigenvalue weighted by Gasteiger charge is -2.15. The Morgan fingerprint density at radius 1 is 1.30 bits per heavy atom. The average Bonchev–Trinajstić information content (AvgIpc) is 3.18. The van der Waals surface area contributed by atoms with Gasteiger partial charge in [-0.05, 0) is 31.0 Å². The lowest BCUT2D eigenvalue weighted by molar-refractivity contribution is -0.120. The number of pyridine rings is 1. The molecule has 1 amide bonds. The maximum absolute atomic E-state index is 13.6. The van der Waals surface area contributed by atoms with Crippen LogP contribution < -0.4 is 5.32 Å². The third kappa shape index (κ3) is 2.14. The van der Waals surface area contributed by atoms with Gasteiger partial charge in [-0.1, -0.05) is 5.21 Å². The summed E-state index contributed by atoms with van der Waals surface area (Å²) in [5.74, 6) is -2.18. The molecule has 0 radical (unpaired) electrons. The summed E-state index contributed by atoms with van der Waals surface area (Å²) < 4.78 is 28.3. The highest BCUT2D eigenvalue weighted by atomic mass is 19.2. The van der Waals surface area contributed by atoms with Gasteiger partial charge < -0.3 is 5.32 Å². The van der Waals surface area contributed by atoms with Gasteiger partial charge in [0.05, 0.1) is 18.1 Å². The maximum atomic E-state index is 13.6. The molecular weight excluding hydrogens is 304 g/mol. The zero-order chi connectivity index (χ0) is 16.0. The van der Waals surface area contributed by atoms with E-state index in [1.807, 2.05) is 0 Å². The molecule has 23 heavy (non-hydrogen) atoms. The molecule has 116 valence electrons. The summed E-state index contributed by atoms with van der Waals surface area (Å²) in [7, 11) is 0. The van der Waals surface area contributed by atoms with E-state index >= 15 is 0 Å². The summed E-state index contributed by atoms with van der Waals surface area (Å²) in [6.45, 7) is 0. The van der Waals surface area contributed by atoms with E-state index in [2.05, 4.69) is 20.6 Å². The Bertz CT molecular complexity index is 906. The first-order valence-electron chi connectivity index (χ1n) is 7.02. The van der Waals surface area contributed by atoms with Crippen molar-refractivity contribution in [1.82, 2.24) is 20.0 Å². The van der Waals surface area contributed by atoms with Crippen LogP contribution in [0.15, 0.2) is 36.8 Å². The first-order valence-corrected chi connectivity index (χ1v) is 7.02. The number of rotatable bonds is 3. The molecule has 3 aromatic rings. The van der Waals surface area contributed by atoms with Crippen LogP contribution in [0.2, 0.25) is 0 Å². The van der Waals surface area contributed by atoms with E-state index in [0.717, 1.165) is 6.07 Å². The highest BCUT2D eigenvalue weighted by Gasteiger charge is 2.52. The molecule has 0 unspecified atom stereocenters. The molecule has 1 aromatic carbocycles. The number of carbonyl (C=O) groups is 1. The minimum absolute atomic E-state index is 0.0691. The fourth-order valence-electron chi connectivity index (χ4n) is 2.57. The zero-order valence-electron chi connectivity index (χ0n) is 11.8. The number of amides is 1. The van der Waals surface area contributed by atoms with Gasteiger partial charge in [0.2, 0.25) is 0 Å². The van der Waals surface area contributed by atoms with Crippen molar-refractivity contribution < 1.29 is 13.6 Å². The van der Waals surface area contributed by atoms with Crippen LogP contribution in [-0.4, -0.2) is 25.9 Å². The second-order valence-electron chi connectivity index (χ2n) is 5.49. The summed E-state index contributed by atoms with van der Waals surface area (Å²) in [6.07, 6.45) is 5.80. The third-order valence-electron chi connectivity index (χ3n) is 4.01. The van der Waals surface area contributed by atoms with Gasteiger partial charge in [-0.25, -0.2) is 13.5 Å². The number of halogens is 2. The van der Waals surface area contributed by atoms with E-state index in [0.29, 0.717) is 23.9 Å². The van der Waals surface area contributed by atoms with E-state index in [1.165, 1.54) is 23.1 Å². The summed E-state index contributed by atoms with van der Waals surface area (Å²) >= 11 is 0. The van der Waals surface area contributed by atoms with E-state index in [4.69, 9.17) is 0 Å². The lowest BCUT2D eigenvalue weighted by atomic mass is 10.2. The first kappa shape index (κ1) is 13.7. The zero-order valence-corrected chi connectivity index (χ0v) is 11.8. The predicted octanol–water partition coefficient (Wildman–Crippen LogP) is 2.23. The Morgan fingerprint density at radius 3 is 2.83 bits per heavy atom. The number of anilines is 1. The highest BCUT2D eigenvalue weighted by molar-refractivity contribution is 5.99. The van der Waals surface area contributed by atoms with Gasteiger partial charge in [0.1, 0.15) is 11.1 Å². The molecule has 0 atom stereocenters. The molecule has 1 fully saturated rings. The van der Waals surface area contributed by atoms with Gasteiger partial charge >= 0.3 is 0 Å². The third-order valence-corrected chi connectivity index (χ3v) is 4.01. The van der Waals surface area contributed by atoms with Gasteiger partial charge in [-0.3, -0.25) is 9.78 Å². The number of nitrogens with zero attached hydrogens (tertiary/aromatic N) is 4. The minimum Gasteiger partial charge on any atom is -0.323 e. The molecule has 2 heterocycles. The van der Waals surface area contributed by atoms with Crippen molar-refractivity contribution in [3.8, 4) is 0 Å². The maximum Gasteiger partial charge on any atom is 0.252 e. The second kappa shape index (κ2) is 4.80. The number of benzene rings is 1. The summed E-state index contributed by atoms with van der Waals surface area (Å²) in [5, 5.41) is 10.8. The van der Waals surface area contributed by atoms with Crippen molar-refractivity contribution in [2.45, 2.75) is 18.4 Å². The van der Waals surface area contributed by atoms with Crippen molar-refractivity contribution in [2.24, 2.45) is 0 Å². The van der Waals surface area contributed by atoms with E-state index < -0.39 is 17.2 Å². The van der Waals surface area contributed by atoms with Gasteiger partial charge in [0.25, 0.3) is 5.91 Å². The molecule has 0 aliphatic heterocycles. The van der Waals surface area contributed by atoms with Crippen molar-refractivity contribution in [2.75, 3.05) is 5.32 Å². The molecule has 0 bridgehead atoms. The second-order valence-corrected chi connectivity index (χ2v) is 5.49. The molecule has 6 nitrogen and oxygen atoms in total. The van der Waals surface area contributed by atoms with Crippen LogP contribution in [0.1, 0.15) is 12.8 Å². The quantitative estimate of drug-likeness (QED) is 0.804. The topological polar surface area (TPSA) is 72.7 Å². The Hall–Kier alpha value is -2.90. The molecule has 2 aromatic heterocycles. The number of nitrogens with one attached hydrogen (secondary N) is 1. The molecule has 4 rings (SSSR count). The predicted molar refractivity (Wildman–Crippen MR) is 77.5 cm³/mol. The standard InChI is InChI=1S/C15H11F2N5O/c16-11-2-1-9-7-10(8-18-13(9)12(11)17)20-14(23)15(3-4-15)22-6-5-19-21-22/h1-2,5-8H,3-4H2,(H,20,23). The monoisotopic (exact) mass is 315 g/mol. The van der Waals surface area contributed by atoms with E-state index in [-0.39, 0.29) is 11.4 Å². The fourth-order valence-corrected chi connectivity index (χ4v) is 2.57.